The highest BCUT2D eigenvalue weighted by atomic mass is 19.1. The van der Waals surface area contributed by atoms with Gasteiger partial charge in [0.2, 0.25) is 0 Å². The van der Waals surface area contributed by atoms with Crippen LogP contribution in [0.5, 0.6) is 0 Å². The van der Waals surface area contributed by atoms with Gasteiger partial charge >= 0.3 is 17.8 Å². The Morgan fingerprint density at radius 3 is 2.32 bits per heavy atom. The summed E-state index contributed by atoms with van der Waals surface area (Å²) in [6, 6.07) is 11.1. The maximum absolute atomic E-state index is 13.6. The van der Waals surface area contributed by atoms with Crippen molar-refractivity contribution in [2.24, 2.45) is 5.73 Å². The van der Waals surface area contributed by atoms with Crippen LogP contribution in [0.4, 0.5) is 4.39 Å². The van der Waals surface area contributed by atoms with E-state index in [9.17, 15) is 28.7 Å². The Hall–Kier alpha value is -4.28. The van der Waals surface area contributed by atoms with Gasteiger partial charge in [-0.2, -0.15) is 0 Å². The predicted molar refractivity (Wildman–Crippen MR) is 119 cm³/mol. The minimum atomic E-state index is -1.50. The third-order valence-electron chi connectivity index (χ3n) is 5.68. The van der Waals surface area contributed by atoms with Gasteiger partial charge in [0.15, 0.2) is 0 Å². The first-order valence-electron chi connectivity index (χ1n) is 10.4. The van der Waals surface area contributed by atoms with Gasteiger partial charge in [0, 0.05) is 30.8 Å². The Morgan fingerprint density at radius 1 is 1.12 bits per heavy atom. The van der Waals surface area contributed by atoms with E-state index >= 15 is 0 Å². The fraction of sp³-hybridized carbons (Fsp3) is 0.261. The molecule has 3 amide bonds. The van der Waals surface area contributed by atoms with Gasteiger partial charge < -0.3 is 26.4 Å². The third-order valence-corrected chi connectivity index (χ3v) is 5.68. The van der Waals surface area contributed by atoms with Crippen molar-refractivity contribution in [3.8, 4) is 0 Å². The summed E-state index contributed by atoms with van der Waals surface area (Å²) in [5.41, 5.74) is 5.00. The molecule has 0 bridgehead atoms. The van der Waals surface area contributed by atoms with Crippen molar-refractivity contribution in [1.82, 2.24) is 15.5 Å². The number of rotatable bonds is 9. The fourth-order valence-electron chi connectivity index (χ4n) is 4.01. The molecular weight excluding hydrogens is 445 g/mol. The topological polar surface area (TPSA) is 166 Å². The number of piperazine rings is 1. The van der Waals surface area contributed by atoms with Crippen LogP contribution in [0.25, 0.3) is 0 Å². The largest absolute Gasteiger partial charge is 0.481 e. The predicted octanol–water partition coefficient (Wildman–Crippen LogP) is 0.558. The van der Waals surface area contributed by atoms with Gasteiger partial charge in [-0.3, -0.25) is 24.6 Å². The molecular formula is C23H24FN5O5. The molecule has 6 N–H and O–H groups in total. The number of benzene rings is 2. The minimum Gasteiger partial charge on any atom is -0.481 e. The van der Waals surface area contributed by atoms with E-state index in [0.717, 1.165) is 12.1 Å². The maximum Gasteiger partial charge on any atom is 0.312 e. The fourth-order valence-corrected chi connectivity index (χ4v) is 4.01. The molecule has 3 rings (SSSR count). The lowest BCUT2D eigenvalue weighted by molar-refractivity contribution is -0.156. The molecule has 1 aliphatic rings. The summed E-state index contributed by atoms with van der Waals surface area (Å²) in [6.45, 7) is 0.140. The molecule has 178 valence electrons. The Labute approximate surface area is 194 Å². The van der Waals surface area contributed by atoms with E-state index < -0.39 is 41.5 Å². The number of halogens is 1. The van der Waals surface area contributed by atoms with Crippen molar-refractivity contribution in [2.75, 3.05) is 19.6 Å². The molecule has 2 aromatic carbocycles. The molecule has 1 saturated heterocycles. The van der Waals surface area contributed by atoms with Crippen LogP contribution in [0, 0.1) is 11.2 Å². The van der Waals surface area contributed by atoms with Crippen molar-refractivity contribution in [3.05, 3.63) is 71.0 Å². The Kier molecular flexibility index (Phi) is 7.24. The van der Waals surface area contributed by atoms with Crippen LogP contribution in [0.2, 0.25) is 0 Å². The molecule has 0 aliphatic carbocycles. The first kappa shape index (κ1) is 24.4. The first-order valence-corrected chi connectivity index (χ1v) is 10.4. The number of carbonyl (C=O) groups is 4. The summed E-state index contributed by atoms with van der Waals surface area (Å²) < 4.78 is 13.6. The van der Waals surface area contributed by atoms with E-state index in [2.05, 4.69) is 10.6 Å². The summed E-state index contributed by atoms with van der Waals surface area (Å²) in [4.78, 5) is 50.4. The molecule has 11 heteroatoms. The van der Waals surface area contributed by atoms with Crippen molar-refractivity contribution < 1.29 is 28.7 Å². The molecule has 2 aromatic rings. The molecule has 1 heterocycles. The average molecular weight is 469 g/mol. The number of nitrogen functional groups attached to an aromatic ring is 1. The molecule has 1 aliphatic heterocycles. The van der Waals surface area contributed by atoms with E-state index in [4.69, 9.17) is 11.1 Å². The summed E-state index contributed by atoms with van der Waals surface area (Å²) in [6.07, 6.45) is -0.595. The van der Waals surface area contributed by atoms with Crippen LogP contribution in [0.15, 0.2) is 48.5 Å². The normalized spacial score (nSPS) is 15.3. The zero-order valence-electron chi connectivity index (χ0n) is 18.1. The highest BCUT2D eigenvalue weighted by molar-refractivity contribution is 6.35. The summed E-state index contributed by atoms with van der Waals surface area (Å²) >= 11 is 0. The molecule has 1 atom stereocenters. The second kappa shape index (κ2) is 10.1. The molecule has 10 nitrogen and oxygen atoms in total. The lowest BCUT2D eigenvalue weighted by Gasteiger charge is -2.45. The Balaban J connectivity index is 1.89. The van der Waals surface area contributed by atoms with Crippen molar-refractivity contribution in [2.45, 2.75) is 18.4 Å². The van der Waals surface area contributed by atoms with Gasteiger partial charge in [-0.1, -0.05) is 24.3 Å². The Bertz CT molecular complexity index is 1120. The number of amidine groups is 1. The van der Waals surface area contributed by atoms with E-state index in [1.807, 2.05) is 0 Å². The number of hydrogen-bond acceptors (Lipinski definition) is 5. The third kappa shape index (κ3) is 5.20. The highest BCUT2D eigenvalue weighted by Crippen LogP contribution is 2.37. The van der Waals surface area contributed by atoms with E-state index in [1.54, 1.807) is 0 Å². The quantitative estimate of drug-likeness (QED) is 0.204. The summed E-state index contributed by atoms with van der Waals surface area (Å²) in [5.74, 6) is -4.13. The number of carboxylic acid groups (broad SMARTS) is 1. The molecule has 0 radical (unpaired) electrons. The molecule has 1 unspecified atom stereocenters. The highest BCUT2D eigenvalue weighted by Gasteiger charge is 2.46. The lowest BCUT2D eigenvalue weighted by atomic mass is 9.80. The number of nitrogens with zero attached hydrogens (tertiary/aromatic N) is 1. The van der Waals surface area contributed by atoms with Gasteiger partial charge in [-0.05, 0) is 36.2 Å². The van der Waals surface area contributed by atoms with Gasteiger partial charge in [0.1, 0.15) is 11.7 Å². The second-order valence-corrected chi connectivity index (χ2v) is 7.82. The minimum absolute atomic E-state index is 0.0383. The monoisotopic (exact) mass is 469 g/mol. The van der Waals surface area contributed by atoms with Crippen LogP contribution in [-0.4, -0.2) is 59.2 Å². The number of nitrogens with one attached hydrogen (secondary N) is 3. The van der Waals surface area contributed by atoms with Crippen LogP contribution in [-0.2, 0) is 19.9 Å². The van der Waals surface area contributed by atoms with Gasteiger partial charge in [0.05, 0.1) is 12.0 Å². The van der Waals surface area contributed by atoms with Gasteiger partial charge in [-0.25, -0.2) is 4.39 Å². The number of amides is 3. The van der Waals surface area contributed by atoms with Gasteiger partial charge in [-0.15, -0.1) is 0 Å². The molecule has 0 spiro atoms. The molecule has 34 heavy (non-hydrogen) atoms. The van der Waals surface area contributed by atoms with Crippen LogP contribution in [0.3, 0.4) is 0 Å². The van der Waals surface area contributed by atoms with Crippen LogP contribution < -0.4 is 16.4 Å². The summed E-state index contributed by atoms with van der Waals surface area (Å²) in [5, 5.41) is 22.2. The average Bonchev–Trinajstić information content (AvgIpc) is 2.80. The van der Waals surface area contributed by atoms with Crippen molar-refractivity contribution in [3.63, 3.8) is 0 Å². The SMILES string of the molecule is N=C(N)c1ccc(C(=O)NCCC(CC(=O)O)(c2ccc(F)cc2)N2CCNC(=O)C2=O)cc1. The number of aliphatic carboxylic acids is 1. The van der Waals surface area contributed by atoms with Crippen molar-refractivity contribution in [1.29, 1.82) is 5.41 Å². The number of hydrogen-bond donors (Lipinski definition) is 5. The first-order chi connectivity index (χ1) is 16.1. The standard InChI is InChI=1S/C23H24FN5O5/c24-17-7-5-16(6-8-17)23(13-18(30)31,29-12-11-28-21(33)22(29)34)9-10-27-20(32)15-3-1-14(2-4-15)19(25)26/h1-8H,9-13H2,(H3,25,26)(H,27,32)(H,28,33)(H,30,31). The Morgan fingerprint density at radius 2 is 1.74 bits per heavy atom. The van der Waals surface area contributed by atoms with Crippen LogP contribution in [0.1, 0.15) is 34.3 Å². The second-order valence-electron chi connectivity index (χ2n) is 7.82. The molecule has 0 saturated carbocycles. The number of nitrogens with two attached hydrogens (primary N) is 1. The number of carbonyl (C=O) groups excluding carboxylic acids is 3. The van der Waals surface area contributed by atoms with Gasteiger partial charge in [0.25, 0.3) is 5.91 Å². The molecule has 0 aromatic heterocycles. The zero-order valence-corrected chi connectivity index (χ0v) is 18.1. The van der Waals surface area contributed by atoms with Crippen molar-refractivity contribution >= 4 is 29.5 Å². The lowest BCUT2D eigenvalue weighted by Crippen LogP contribution is -2.61. The van der Waals surface area contributed by atoms with E-state index in [1.165, 1.54) is 41.3 Å². The zero-order chi connectivity index (χ0) is 24.9. The summed E-state index contributed by atoms with van der Waals surface area (Å²) in [7, 11) is 0. The molecule has 1 fully saturated rings. The maximum atomic E-state index is 13.6. The number of carboxylic acids is 1. The van der Waals surface area contributed by atoms with E-state index in [0.29, 0.717) is 16.7 Å². The van der Waals surface area contributed by atoms with Crippen LogP contribution >= 0.6 is 0 Å². The van der Waals surface area contributed by atoms with E-state index in [-0.39, 0.29) is 31.9 Å². The smallest absolute Gasteiger partial charge is 0.312 e.